The van der Waals surface area contributed by atoms with Crippen LogP contribution in [0.15, 0.2) is 59.3 Å². The van der Waals surface area contributed by atoms with Crippen LogP contribution in [0.3, 0.4) is 0 Å². The highest BCUT2D eigenvalue weighted by molar-refractivity contribution is 9.10. The van der Waals surface area contributed by atoms with Crippen LogP contribution < -0.4 is 16.4 Å². The predicted octanol–water partition coefficient (Wildman–Crippen LogP) is 4.01. The van der Waals surface area contributed by atoms with Gasteiger partial charge in [-0.15, -0.1) is 0 Å². The van der Waals surface area contributed by atoms with E-state index in [0.717, 1.165) is 10.2 Å². The molecule has 2 aromatic carbocycles. The minimum absolute atomic E-state index is 0.206. The lowest BCUT2D eigenvalue weighted by Crippen LogP contribution is -2.05. The van der Waals surface area contributed by atoms with E-state index in [4.69, 9.17) is 10.8 Å². The Balaban J connectivity index is 1.83. The van der Waals surface area contributed by atoms with E-state index < -0.39 is 5.97 Å². The van der Waals surface area contributed by atoms with Crippen LogP contribution in [0.25, 0.3) is 0 Å². The van der Waals surface area contributed by atoms with E-state index in [2.05, 4.69) is 36.5 Å². The van der Waals surface area contributed by atoms with Crippen molar-refractivity contribution in [2.45, 2.75) is 0 Å². The molecule has 0 aliphatic heterocycles. The van der Waals surface area contributed by atoms with Crippen molar-refractivity contribution in [2.75, 3.05) is 16.4 Å². The first kappa shape index (κ1) is 16.7. The number of hydrogen-bond acceptors (Lipinski definition) is 6. The SMILES string of the molecule is Nc1c(Nc2ccc(C(=O)O)cc2)ncnc1Nc1ccccc1Br. The van der Waals surface area contributed by atoms with Crippen LogP contribution in [0.5, 0.6) is 0 Å². The molecule has 5 N–H and O–H groups in total. The normalized spacial score (nSPS) is 10.3. The molecule has 0 fully saturated rings. The summed E-state index contributed by atoms with van der Waals surface area (Å²) in [5.74, 6) is -0.0905. The molecule has 3 aromatic rings. The van der Waals surface area contributed by atoms with Crippen LogP contribution in [0.4, 0.5) is 28.7 Å². The molecule has 1 heterocycles. The zero-order valence-electron chi connectivity index (χ0n) is 12.9. The third kappa shape index (κ3) is 3.86. The summed E-state index contributed by atoms with van der Waals surface area (Å²) in [5, 5.41) is 15.1. The van der Waals surface area contributed by atoms with Gasteiger partial charge in [0.25, 0.3) is 0 Å². The smallest absolute Gasteiger partial charge is 0.335 e. The molecular formula is C17H14BrN5O2. The number of hydrogen-bond donors (Lipinski definition) is 4. The standard InChI is InChI=1S/C17H14BrN5O2/c18-12-3-1-2-4-13(12)23-16-14(19)15(20-9-21-16)22-11-7-5-10(6-8-11)17(24)25/h1-9H,19H2,(H,24,25)(H2,20,21,22,23). The van der Waals surface area contributed by atoms with E-state index in [1.165, 1.54) is 18.5 Å². The fraction of sp³-hybridized carbons (Fsp3) is 0. The summed E-state index contributed by atoms with van der Waals surface area (Å²) in [5.41, 5.74) is 8.19. The van der Waals surface area contributed by atoms with E-state index >= 15 is 0 Å². The molecule has 0 atom stereocenters. The first-order chi connectivity index (χ1) is 12.0. The van der Waals surface area contributed by atoms with Gasteiger partial charge in [-0.2, -0.15) is 0 Å². The molecule has 8 heteroatoms. The van der Waals surface area contributed by atoms with Crippen molar-refractivity contribution in [3.63, 3.8) is 0 Å². The second-order valence-corrected chi connectivity index (χ2v) is 5.95. The Kier molecular flexibility index (Phi) is 4.80. The first-order valence-corrected chi connectivity index (χ1v) is 8.06. The van der Waals surface area contributed by atoms with Crippen molar-refractivity contribution in [1.82, 2.24) is 9.97 Å². The lowest BCUT2D eigenvalue weighted by atomic mass is 10.2. The Morgan fingerprint density at radius 3 is 2.28 bits per heavy atom. The molecule has 0 spiro atoms. The Labute approximate surface area is 152 Å². The van der Waals surface area contributed by atoms with E-state index in [-0.39, 0.29) is 5.56 Å². The van der Waals surface area contributed by atoms with Gasteiger partial charge < -0.3 is 21.5 Å². The summed E-state index contributed by atoms with van der Waals surface area (Å²) in [7, 11) is 0. The topological polar surface area (TPSA) is 113 Å². The Bertz CT molecular complexity index is 915. The zero-order chi connectivity index (χ0) is 17.8. The molecule has 0 unspecified atom stereocenters. The maximum Gasteiger partial charge on any atom is 0.335 e. The van der Waals surface area contributed by atoms with Crippen molar-refractivity contribution in [3.05, 3.63) is 64.9 Å². The number of rotatable bonds is 5. The maximum absolute atomic E-state index is 10.9. The van der Waals surface area contributed by atoms with Crippen molar-refractivity contribution in [2.24, 2.45) is 0 Å². The number of aromatic carboxylic acids is 1. The number of aromatic nitrogens is 2. The summed E-state index contributed by atoms with van der Waals surface area (Å²) < 4.78 is 0.881. The number of halogens is 1. The minimum Gasteiger partial charge on any atom is -0.478 e. The highest BCUT2D eigenvalue weighted by Gasteiger charge is 2.10. The van der Waals surface area contributed by atoms with Gasteiger partial charge in [0.1, 0.15) is 12.0 Å². The lowest BCUT2D eigenvalue weighted by Gasteiger charge is -2.13. The van der Waals surface area contributed by atoms with Crippen LogP contribution in [0, 0.1) is 0 Å². The van der Waals surface area contributed by atoms with Gasteiger partial charge in [0.05, 0.1) is 11.3 Å². The number of carboxylic acid groups (broad SMARTS) is 1. The molecule has 25 heavy (non-hydrogen) atoms. The van der Waals surface area contributed by atoms with E-state index in [0.29, 0.717) is 23.0 Å². The maximum atomic E-state index is 10.9. The predicted molar refractivity (Wildman–Crippen MR) is 101 cm³/mol. The number of carboxylic acids is 1. The molecule has 0 aliphatic rings. The molecule has 0 aliphatic carbocycles. The monoisotopic (exact) mass is 399 g/mol. The van der Waals surface area contributed by atoms with Gasteiger partial charge in [0.15, 0.2) is 11.6 Å². The van der Waals surface area contributed by atoms with Crippen molar-refractivity contribution >= 4 is 50.6 Å². The molecule has 0 saturated carbocycles. The van der Waals surface area contributed by atoms with Gasteiger partial charge in [0, 0.05) is 10.2 Å². The molecule has 0 amide bonds. The summed E-state index contributed by atoms with van der Waals surface area (Å²) in [4.78, 5) is 19.2. The first-order valence-electron chi connectivity index (χ1n) is 7.27. The van der Waals surface area contributed by atoms with Crippen molar-refractivity contribution in [3.8, 4) is 0 Å². The van der Waals surface area contributed by atoms with E-state index in [9.17, 15) is 4.79 Å². The summed E-state index contributed by atoms with van der Waals surface area (Å²) >= 11 is 3.46. The fourth-order valence-electron chi connectivity index (χ4n) is 2.12. The second kappa shape index (κ2) is 7.18. The van der Waals surface area contributed by atoms with Crippen LogP contribution in [-0.4, -0.2) is 21.0 Å². The zero-order valence-corrected chi connectivity index (χ0v) is 14.5. The molecule has 1 aromatic heterocycles. The third-order valence-electron chi connectivity index (χ3n) is 3.41. The number of nitrogens with one attached hydrogen (secondary N) is 2. The number of benzene rings is 2. The molecule has 3 rings (SSSR count). The number of nitrogens with zero attached hydrogens (tertiary/aromatic N) is 2. The highest BCUT2D eigenvalue weighted by atomic mass is 79.9. The van der Waals surface area contributed by atoms with Crippen LogP contribution in [-0.2, 0) is 0 Å². The van der Waals surface area contributed by atoms with E-state index in [1.807, 2.05) is 24.3 Å². The Hall–Kier alpha value is -3.13. The highest BCUT2D eigenvalue weighted by Crippen LogP contribution is 2.30. The second-order valence-electron chi connectivity index (χ2n) is 5.10. The lowest BCUT2D eigenvalue weighted by molar-refractivity contribution is 0.0697. The van der Waals surface area contributed by atoms with Gasteiger partial charge in [-0.25, -0.2) is 14.8 Å². The molecule has 0 radical (unpaired) electrons. The van der Waals surface area contributed by atoms with Crippen LogP contribution in [0.2, 0.25) is 0 Å². The van der Waals surface area contributed by atoms with Crippen LogP contribution >= 0.6 is 15.9 Å². The van der Waals surface area contributed by atoms with Crippen LogP contribution in [0.1, 0.15) is 10.4 Å². The largest absolute Gasteiger partial charge is 0.478 e. The van der Waals surface area contributed by atoms with Gasteiger partial charge in [-0.3, -0.25) is 0 Å². The summed E-state index contributed by atoms with van der Waals surface area (Å²) in [6, 6.07) is 13.9. The van der Waals surface area contributed by atoms with Crippen molar-refractivity contribution < 1.29 is 9.90 Å². The number of anilines is 5. The fourth-order valence-corrected chi connectivity index (χ4v) is 2.50. The quantitative estimate of drug-likeness (QED) is 0.512. The molecule has 0 bridgehead atoms. The van der Waals surface area contributed by atoms with Crippen molar-refractivity contribution in [1.29, 1.82) is 0 Å². The summed E-state index contributed by atoms with van der Waals surface area (Å²) in [6.45, 7) is 0. The Morgan fingerprint density at radius 1 is 1.00 bits per heavy atom. The van der Waals surface area contributed by atoms with Gasteiger partial charge in [-0.1, -0.05) is 12.1 Å². The minimum atomic E-state index is -0.979. The van der Waals surface area contributed by atoms with Gasteiger partial charge >= 0.3 is 5.97 Å². The van der Waals surface area contributed by atoms with Gasteiger partial charge in [0.2, 0.25) is 0 Å². The summed E-state index contributed by atoms with van der Waals surface area (Å²) in [6.07, 6.45) is 1.39. The number of carbonyl (C=O) groups is 1. The molecule has 0 saturated heterocycles. The number of nitrogen functional groups attached to an aromatic ring is 1. The third-order valence-corrected chi connectivity index (χ3v) is 4.10. The molecule has 7 nitrogen and oxygen atoms in total. The average molecular weight is 400 g/mol. The molecular weight excluding hydrogens is 386 g/mol. The molecule has 126 valence electrons. The average Bonchev–Trinajstić information content (AvgIpc) is 2.61. The number of para-hydroxylation sites is 1. The van der Waals surface area contributed by atoms with E-state index in [1.54, 1.807) is 12.1 Å². The number of nitrogens with two attached hydrogens (primary N) is 1. The van der Waals surface area contributed by atoms with Gasteiger partial charge in [-0.05, 0) is 52.3 Å². The Morgan fingerprint density at radius 2 is 1.64 bits per heavy atom.